The van der Waals surface area contributed by atoms with Crippen LogP contribution in [0, 0.1) is 5.41 Å². The average molecular weight is 326 g/mol. The highest BCUT2D eigenvalue weighted by Gasteiger charge is 2.21. The average Bonchev–Trinajstić information content (AvgIpc) is 2.29. The van der Waals surface area contributed by atoms with Crippen molar-refractivity contribution in [1.82, 2.24) is 0 Å². The van der Waals surface area contributed by atoms with Gasteiger partial charge in [-0.15, -0.1) is 0 Å². The van der Waals surface area contributed by atoms with Gasteiger partial charge in [-0.1, -0.05) is 32.9 Å². The summed E-state index contributed by atoms with van der Waals surface area (Å²) in [7, 11) is 0. The molecule has 1 aromatic carbocycles. The van der Waals surface area contributed by atoms with E-state index in [-0.39, 0.29) is 11.5 Å². The van der Waals surface area contributed by atoms with Crippen molar-refractivity contribution in [2.45, 2.75) is 20.8 Å². The van der Waals surface area contributed by atoms with Gasteiger partial charge in [-0.2, -0.15) is 0 Å². The highest BCUT2D eigenvalue weighted by molar-refractivity contribution is 9.10. The molecule has 0 amide bonds. The van der Waals surface area contributed by atoms with Crippen molar-refractivity contribution in [2.24, 2.45) is 5.41 Å². The smallest absolute Gasteiger partial charge is 0.352 e. The van der Waals surface area contributed by atoms with Gasteiger partial charge >= 0.3 is 5.97 Å². The number of nitrogens with one attached hydrogen (secondary N) is 1. The number of carboxylic acid groups (broad SMARTS) is 1. The summed E-state index contributed by atoms with van der Waals surface area (Å²) in [5.41, 5.74) is -0.166. The Labute approximate surface area is 120 Å². The molecular weight excluding hydrogens is 310 g/mol. The van der Waals surface area contributed by atoms with E-state index in [0.29, 0.717) is 5.69 Å². The zero-order valence-corrected chi connectivity index (χ0v) is 12.6. The second-order valence-electron chi connectivity index (χ2n) is 5.08. The Balaban J connectivity index is 3.04. The molecule has 0 saturated heterocycles. The number of carbonyl (C=O) groups is 2. The van der Waals surface area contributed by atoms with Crippen LogP contribution in [0.3, 0.4) is 0 Å². The van der Waals surface area contributed by atoms with E-state index in [1.807, 2.05) is 6.07 Å². The Kier molecular flexibility index (Phi) is 4.89. The maximum atomic E-state index is 11.9. The zero-order valence-electron chi connectivity index (χ0n) is 11.0. The number of halogens is 1. The number of rotatable bonds is 4. The van der Waals surface area contributed by atoms with E-state index in [2.05, 4.69) is 21.2 Å². The Morgan fingerprint density at radius 1 is 1.26 bits per heavy atom. The van der Waals surface area contributed by atoms with Crippen molar-refractivity contribution in [3.05, 3.63) is 40.5 Å². The van der Waals surface area contributed by atoms with Gasteiger partial charge in [-0.3, -0.25) is 4.79 Å². The lowest BCUT2D eigenvalue weighted by Crippen LogP contribution is -2.21. The third-order valence-electron chi connectivity index (χ3n) is 2.39. The van der Waals surface area contributed by atoms with Crippen molar-refractivity contribution in [2.75, 3.05) is 5.32 Å². The van der Waals surface area contributed by atoms with Gasteiger partial charge in [0.15, 0.2) is 5.78 Å². The molecule has 0 aliphatic rings. The SMILES string of the molecule is CC(C)(C)C(=O)C=C(Nc1ccccc1Br)C(=O)O. The predicted molar refractivity (Wildman–Crippen MR) is 77.9 cm³/mol. The van der Waals surface area contributed by atoms with Crippen molar-refractivity contribution in [1.29, 1.82) is 0 Å². The standard InChI is InChI=1S/C14H16BrNO3/c1-14(2,3)12(17)8-11(13(18)19)16-10-7-5-4-6-9(10)15/h4-8,16H,1-3H3,(H,18,19). The van der Waals surface area contributed by atoms with Gasteiger partial charge in [-0.05, 0) is 28.1 Å². The number of para-hydroxylation sites is 1. The van der Waals surface area contributed by atoms with Crippen molar-refractivity contribution in [3.8, 4) is 0 Å². The number of benzene rings is 1. The predicted octanol–water partition coefficient (Wildman–Crippen LogP) is 3.44. The molecule has 4 nitrogen and oxygen atoms in total. The van der Waals surface area contributed by atoms with Crippen LogP contribution in [-0.2, 0) is 9.59 Å². The van der Waals surface area contributed by atoms with Gasteiger partial charge in [0.25, 0.3) is 0 Å². The molecule has 0 heterocycles. The summed E-state index contributed by atoms with van der Waals surface area (Å²) in [6, 6.07) is 7.10. The van der Waals surface area contributed by atoms with Crippen molar-refractivity contribution in [3.63, 3.8) is 0 Å². The summed E-state index contributed by atoms with van der Waals surface area (Å²) in [4.78, 5) is 23.0. The van der Waals surface area contributed by atoms with Gasteiger partial charge in [0.2, 0.25) is 0 Å². The van der Waals surface area contributed by atoms with Crippen molar-refractivity contribution >= 4 is 33.4 Å². The van der Waals surface area contributed by atoms with E-state index in [1.165, 1.54) is 0 Å². The molecular formula is C14H16BrNO3. The molecule has 0 saturated carbocycles. The fourth-order valence-electron chi connectivity index (χ4n) is 1.21. The summed E-state index contributed by atoms with van der Waals surface area (Å²) in [6.45, 7) is 5.22. The Hall–Kier alpha value is -1.62. The molecule has 0 spiro atoms. The molecule has 19 heavy (non-hydrogen) atoms. The first kappa shape index (κ1) is 15.4. The van der Waals surface area contributed by atoms with Gasteiger partial charge in [0, 0.05) is 16.0 Å². The van der Waals surface area contributed by atoms with E-state index in [1.54, 1.807) is 39.0 Å². The highest BCUT2D eigenvalue weighted by atomic mass is 79.9. The number of hydrogen-bond donors (Lipinski definition) is 2. The number of carboxylic acids is 1. The maximum absolute atomic E-state index is 11.9. The zero-order chi connectivity index (χ0) is 14.6. The summed E-state index contributed by atoms with van der Waals surface area (Å²) < 4.78 is 0.727. The van der Waals surface area contributed by atoms with E-state index >= 15 is 0 Å². The third-order valence-corrected chi connectivity index (χ3v) is 3.08. The van der Waals surface area contributed by atoms with Crippen LogP contribution in [0.25, 0.3) is 0 Å². The van der Waals surface area contributed by atoms with Crippen LogP contribution in [0.15, 0.2) is 40.5 Å². The number of carbonyl (C=O) groups excluding carboxylic acids is 1. The molecule has 1 rings (SSSR count). The van der Waals surface area contributed by atoms with E-state index in [4.69, 9.17) is 5.11 Å². The van der Waals surface area contributed by atoms with E-state index in [0.717, 1.165) is 10.5 Å². The first-order valence-electron chi connectivity index (χ1n) is 5.73. The van der Waals surface area contributed by atoms with Gasteiger partial charge in [0.1, 0.15) is 5.70 Å². The van der Waals surface area contributed by atoms with Crippen molar-refractivity contribution < 1.29 is 14.7 Å². The van der Waals surface area contributed by atoms with Crippen LogP contribution in [0.2, 0.25) is 0 Å². The minimum absolute atomic E-state index is 0.146. The van der Waals surface area contributed by atoms with Crippen LogP contribution >= 0.6 is 15.9 Å². The first-order chi connectivity index (χ1) is 8.71. The van der Waals surface area contributed by atoms with E-state index in [9.17, 15) is 9.59 Å². The molecule has 0 aromatic heterocycles. The van der Waals surface area contributed by atoms with Crippen LogP contribution in [-0.4, -0.2) is 16.9 Å². The van der Waals surface area contributed by atoms with E-state index < -0.39 is 11.4 Å². The van der Waals surface area contributed by atoms with Crippen LogP contribution in [0.4, 0.5) is 5.69 Å². The monoisotopic (exact) mass is 325 g/mol. The Morgan fingerprint density at radius 2 is 1.84 bits per heavy atom. The maximum Gasteiger partial charge on any atom is 0.352 e. The molecule has 0 atom stereocenters. The molecule has 2 N–H and O–H groups in total. The first-order valence-corrected chi connectivity index (χ1v) is 6.52. The molecule has 0 aliphatic carbocycles. The van der Waals surface area contributed by atoms with Gasteiger partial charge in [-0.25, -0.2) is 4.79 Å². The second kappa shape index (κ2) is 6.02. The lowest BCUT2D eigenvalue weighted by molar-refractivity contribution is -0.133. The molecule has 102 valence electrons. The number of ketones is 1. The number of anilines is 1. The number of allylic oxidation sites excluding steroid dienone is 1. The minimum Gasteiger partial charge on any atom is -0.477 e. The van der Waals surface area contributed by atoms with Crippen LogP contribution < -0.4 is 5.32 Å². The second-order valence-corrected chi connectivity index (χ2v) is 5.94. The Morgan fingerprint density at radius 3 is 2.32 bits per heavy atom. The highest BCUT2D eigenvalue weighted by Crippen LogP contribution is 2.23. The normalized spacial score (nSPS) is 12.1. The largest absolute Gasteiger partial charge is 0.477 e. The molecule has 0 bridgehead atoms. The molecule has 5 heteroatoms. The number of hydrogen-bond acceptors (Lipinski definition) is 3. The molecule has 0 fully saturated rings. The quantitative estimate of drug-likeness (QED) is 0.832. The van der Waals surface area contributed by atoms with Gasteiger partial charge in [0.05, 0.1) is 5.69 Å². The summed E-state index contributed by atoms with van der Waals surface area (Å²) in [5, 5.41) is 11.9. The molecule has 1 aromatic rings. The molecule has 0 aliphatic heterocycles. The van der Waals surface area contributed by atoms with Crippen LogP contribution in [0.1, 0.15) is 20.8 Å². The van der Waals surface area contributed by atoms with Crippen LogP contribution in [0.5, 0.6) is 0 Å². The lowest BCUT2D eigenvalue weighted by Gasteiger charge is -2.15. The summed E-state index contributed by atoms with van der Waals surface area (Å²) in [6.07, 6.45) is 1.13. The summed E-state index contributed by atoms with van der Waals surface area (Å²) in [5.74, 6) is -1.42. The minimum atomic E-state index is -1.17. The fourth-order valence-corrected chi connectivity index (χ4v) is 1.59. The lowest BCUT2D eigenvalue weighted by atomic mass is 9.90. The number of aliphatic carboxylic acids is 1. The topological polar surface area (TPSA) is 66.4 Å². The Bertz CT molecular complexity index is 530. The summed E-state index contributed by atoms with van der Waals surface area (Å²) >= 11 is 3.31. The molecule has 0 radical (unpaired) electrons. The molecule has 0 unspecified atom stereocenters. The fraction of sp³-hybridized carbons (Fsp3) is 0.286. The van der Waals surface area contributed by atoms with Gasteiger partial charge < -0.3 is 10.4 Å². The third kappa shape index (κ3) is 4.52.